The standard InChI is InChI=1S/C8H14O2/c1-2-3-4-5-6-8(10)7-9/h2-3,5-6,8-10H,4,7H2,1H3. The summed E-state index contributed by atoms with van der Waals surface area (Å²) in [6.45, 7) is 1.74. The first-order valence-electron chi connectivity index (χ1n) is 3.38. The summed E-state index contributed by atoms with van der Waals surface area (Å²) in [6.07, 6.45) is 7.43. The van der Waals surface area contributed by atoms with Gasteiger partial charge in [0.2, 0.25) is 0 Å². The van der Waals surface area contributed by atoms with Crippen LogP contribution in [-0.4, -0.2) is 22.9 Å². The second-order valence-corrected chi connectivity index (χ2v) is 1.98. The average Bonchev–Trinajstić information content (AvgIpc) is 1.98. The molecule has 0 amide bonds. The van der Waals surface area contributed by atoms with Gasteiger partial charge in [0.15, 0.2) is 0 Å². The highest BCUT2D eigenvalue weighted by Crippen LogP contribution is 1.89. The molecule has 0 heterocycles. The Kier molecular flexibility index (Phi) is 6.13. The van der Waals surface area contributed by atoms with Crippen LogP contribution < -0.4 is 0 Å². The number of aliphatic hydroxyl groups is 2. The molecular formula is C8H14O2. The SMILES string of the molecule is CC=CCC=CC(O)CO. The number of rotatable bonds is 4. The highest BCUT2D eigenvalue weighted by atomic mass is 16.3. The third kappa shape index (κ3) is 5.54. The van der Waals surface area contributed by atoms with Gasteiger partial charge in [-0.25, -0.2) is 0 Å². The van der Waals surface area contributed by atoms with E-state index in [-0.39, 0.29) is 6.61 Å². The second-order valence-electron chi connectivity index (χ2n) is 1.98. The average molecular weight is 142 g/mol. The molecule has 2 N–H and O–H groups in total. The van der Waals surface area contributed by atoms with Crippen LogP contribution in [0.15, 0.2) is 24.3 Å². The zero-order valence-electron chi connectivity index (χ0n) is 6.20. The first-order chi connectivity index (χ1) is 4.81. The summed E-state index contributed by atoms with van der Waals surface area (Å²) in [5.41, 5.74) is 0. The van der Waals surface area contributed by atoms with E-state index in [9.17, 15) is 0 Å². The Hall–Kier alpha value is -0.600. The van der Waals surface area contributed by atoms with Crippen LogP contribution in [0.4, 0.5) is 0 Å². The molecule has 58 valence electrons. The van der Waals surface area contributed by atoms with Gasteiger partial charge in [0.1, 0.15) is 0 Å². The minimum absolute atomic E-state index is 0.202. The van der Waals surface area contributed by atoms with Crippen molar-refractivity contribution < 1.29 is 10.2 Å². The van der Waals surface area contributed by atoms with Gasteiger partial charge in [-0.05, 0) is 13.3 Å². The van der Waals surface area contributed by atoms with Crippen LogP contribution in [0.25, 0.3) is 0 Å². The van der Waals surface area contributed by atoms with E-state index in [1.54, 1.807) is 6.08 Å². The van der Waals surface area contributed by atoms with Crippen LogP contribution in [-0.2, 0) is 0 Å². The minimum Gasteiger partial charge on any atom is -0.393 e. The molecule has 1 unspecified atom stereocenters. The van der Waals surface area contributed by atoms with Gasteiger partial charge in [-0.1, -0.05) is 24.3 Å². The van der Waals surface area contributed by atoms with Crippen molar-refractivity contribution in [3.8, 4) is 0 Å². The van der Waals surface area contributed by atoms with Gasteiger partial charge >= 0.3 is 0 Å². The van der Waals surface area contributed by atoms with Crippen molar-refractivity contribution in [2.75, 3.05) is 6.61 Å². The van der Waals surface area contributed by atoms with Crippen molar-refractivity contribution in [2.45, 2.75) is 19.4 Å². The number of allylic oxidation sites excluding steroid dienone is 3. The highest BCUT2D eigenvalue weighted by molar-refractivity contribution is 4.94. The van der Waals surface area contributed by atoms with Crippen molar-refractivity contribution in [1.82, 2.24) is 0 Å². The van der Waals surface area contributed by atoms with Crippen LogP contribution in [0.3, 0.4) is 0 Å². The van der Waals surface area contributed by atoms with E-state index in [1.807, 2.05) is 25.2 Å². The molecule has 0 aliphatic carbocycles. The quantitative estimate of drug-likeness (QED) is 0.571. The van der Waals surface area contributed by atoms with Gasteiger partial charge < -0.3 is 10.2 Å². The molecule has 10 heavy (non-hydrogen) atoms. The summed E-state index contributed by atoms with van der Waals surface area (Å²) in [5, 5.41) is 17.2. The maximum atomic E-state index is 8.80. The zero-order chi connectivity index (χ0) is 7.82. The Morgan fingerprint density at radius 2 is 2.10 bits per heavy atom. The molecule has 0 spiro atoms. The van der Waals surface area contributed by atoms with Crippen LogP contribution in [0.2, 0.25) is 0 Å². The molecule has 0 fully saturated rings. The Morgan fingerprint density at radius 1 is 1.40 bits per heavy atom. The molecule has 2 nitrogen and oxygen atoms in total. The topological polar surface area (TPSA) is 40.5 Å². The lowest BCUT2D eigenvalue weighted by Gasteiger charge is -1.96. The highest BCUT2D eigenvalue weighted by Gasteiger charge is 1.90. The third-order valence-corrected chi connectivity index (χ3v) is 1.05. The van der Waals surface area contributed by atoms with E-state index in [1.165, 1.54) is 0 Å². The first-order valence-corrected chi connectivity index (χ1v) is 3.38. The molecule has 0 saturated heterocycles. The fraction of sp³-hybridized carbons (Fsp3) is 0.500. The minimum atomic E-state index is -0.703. The molecule has 0 saturated carbocycles. The predicted molar refractivity (Wildman–Crippen MR) is 41.7 cm³/mol. The molecule has 0 aromatic rings. The Labute approximate surface area is 61.5 Å². The van der Waals surface area contributed by atoms with Crippen LogP contribution in [0, 0.1) is 0 Å². The summed E-state index contributed by atoms with van der Waals surface area (Å²) >= 11 is 0. The Morgan fingerprint density at radius 3 is 2.60 bits per heavy atom. The molecular weight excluding hydrogens is 128 g/mol. The summed E-state index contributed by atoms with van der Waals surface area (Å²) in [4.78, 5) is 0. The van der Waals surface area contributed by atoms with E-state index < -0.39 is 6.10 Å². The van der Waals surface area contributed by atoms with Gasteiger partial charge in [0.05, 0.1) is 12.7 Å². The van der Waals surface area contributed by atoms with E-state index in [0.29, 0.717) is 0 Å². The molecule has 2 heteroatoms. The summed E-state index contributed by atoms with van der Waals surface area (Å²) in [6, 6.07) is 0. The van der Waals surface area contributed by atoms with Crippen LogP contribution >= 0.6 is 0 Å². The first kappa shape index (κ1) is 9.40. The normalized spacial score (nSPS) is 15.1. The lowest BCUT2D eigenvalue weighted by atomic mass is 10.3. The monoisotopic (exact) mass is 142 g/mol. The van der Waals surface area contributed by atoms with Crippen LogP contribution in [0.1, 0.15) is 13.3 Å². The lowest BCUT2D eigenvalue weighted by molar-refractivity contribution is 0.131. The molecule has 1 atom stereocenters. The number of hydrogen-bond acceptors (Lipinski definition) is 2. The molecule has 0 aromatic heterocycles. The Balaban J connectivity index is 3.35. The van der Waals surface area contributed by atoms with Crippen molar-refractivity contribution in [2.24, 2.45) is 0 Å². The largest absolute Gasteiger partial charge is 0.393 e. The lowest BCUT2D eigenvalue weighted by Crippen LogP contribution is -2.06. The number of aliphatic hydroxyl groups excluding tert-OH is 2. The summed E-state index contributed by atoms with van der Waals surface area (Å²) < 4.78 is 0. The van der Waals surface area contributed by atoms with Gasteiger partial charge in [-0.15, -0.1) is 0 Å². The number of hydrogen-bond donors (Lipinski definition) is 2. The van der Waals surface area contributed by atoms with Gasteiger partial charge in [-0.3, -0.25) is 0 Å². The van der Waals surface area contributed by atoms with Crippen molar-refractivity contribution in [3.63, 3.8) is 0 Å². The van der Waals surface area contributed by atoms with Crippen molar-refractivity contribution in [3.05, 3.63) is 24.3 Å². The summed E-state index contributed by atoms with van der Waals surface area (Å²) in [7, 11) is 0. The van der Waals surface area contributed by atoms with Crippen molar-refractivity contribution in [1.29, 1.82) is 0 Å². The maximum Gasteiger partial charge on any atom is 0.0951 e. The molecule has 0 aromatic carbocycles. The fourth-order valence-electron chi connectivity index (χ4n) is 0.511. The molecule has 0 aliphatic heterocycles. The van der Waals surface area contributed by atoms with E-state index >= 15 is 0 Å². The smallest absolute Gasteiger partial charge is 0.0951 e. The molecule has 0 bridgehead atoms. The predicted octanol–water partition coefficient (Wildman–Crippen LogP) is 0.862. The zero-order valence-corrected chi connectivity index (χ0v) is 6.20. The van der Waals surface area contributed by atoms with E-state index in [4.69, 9.17) is 10.2 Å². The van der Waals surface area contributed by atoms with Gasteiger partial charge in [-0.2, -0.15) is 0 Å². The molecule has 0 radical (unpaired) electrons. The maximum absolute atomic E-state index is 8.80. The fourth-order valence-corrected chi connectivity index (χ4v) is 0.511. The summed E-state index contributed by atoms with van der Waals surface area (Å²) in [5.74, 6) is 0. The van der Waals surface area contributed by atoms with Crippen LogP contribution in [0.5, 0.6) is 0 Å². The molecule has 0 aliphatic rings. The van der Waals surface area contributed by atoms with Gasteiger partial charge in [0.25, 0.3) is 0 Å². The second kappa shape index (κ2) is 6.52. The van der Waals surface area contributed by atoms with Gasteiger partial charge in [0, 0.05) is 0 Å². The van der Waals surface area contributed by atoms with Crippen molar-refractivity contribution >= 4 is 0 Å². The van der Waals surface area contributed by atoms with E-state index in [2.05, 4.69) is 0 Å². The third-order valence-electron chi connectivity index (χ3n) is 1.05. The molecule has 0 rings (SSSR count). The Bertz CT molecular complexity index is 116. The van der Waals surface area contributed by atoms with E-state index in [0.717, 1.165) is 6.42 Å².